The van der Waals surface area contributed by atoms with Crippen LogP contribution in [0.3, 0.4) is 0 Å². The Bertz CT molecular complexity index is 418. The molecule has 0 aromatic heterocycles. The van der Waals surface area contributed by atoms with Gasteiger partial charge in [-0.15, -0.1) is 26.5 Å². The fourth-order valence-electron chi connectivity index (χ4n) is 2.97. The predicted octanol–water partition coefficient (Wildman–Crippen LogP) is 6.66. The van der Waals surface area contributed by atoms with E-state index in [0.29, 0.717) is 0 Å². The van der Waals surface area contributed by atoms with E-state index in [1.807, 2.05) is 0 Å². The second-order valence-electron chi connectivity index (χ2n) is 6.26. The molecule has 0 nitrogen and oxygen atoms in total. The van der Waals surface area contributed by atoms with Gasteiger partial charge >= 0.3 is 16.8 Å². The molecule has 0 N–H and O–H groups in total. The summed E-state index contributed by atoms with van der Waals surface area (Å²) in [5.74, 6) is 0. The summed E-state index contributed by atoms with van der Waals surface area (Å²) >= 11 is 0. The maximum atomic E-state index is 2.29. The van der Waals surface area contributed by atoms with E-state index in [0.717, 1.165) is 0 Å². The molecule has 25 heavy (non-hydrogen) atoms. The molecule has 0 saturated carbocycles. The van der Waals surface area contributed by atoms with Crippen LogP contribution in [0.2, 0.25) is 0 Å². The molecule has 143 valence electrons. The molecule has 2 aromatic rings. The molecule has 0 amide bonds. The SMILES string of the molecule is CCCP(CCC)c1ccc[cH-]1.CCCP(CCC)c1ccc[cH-]1.[Co+2]. The van der Waals surface area contributed by atoms with Crippen LogP contribution in [0.25, 0.3) is 0 Å². The fraction of sp³-hybridized carbons (Fsp3) is 0.545. The Hall–Kier alpha value is 0.0665. The molecule has 0 aliphatic rings. The first-order chi connectivity index (χ1) is 11.8. The molecule has 0 heterocycles. The molecule has 0 aliphatic heterocycles. The van der Waals surface area contributed by atoms with Crippen molar-refractivity contribution < 1.29 is 16.8 Å². The first-order valence-corrected chi connectivity index (χ1v) is 13.1. The first kappa shape index (κ1) is 25.1. The molecule has 0 aliphatic carbocycles. The van der Waals surface area contributed by atoms with Gasteiger partial charge in [-0.2, -0.15) is 24.3 Å². The summed E-state index contributed by atoms with van der Waals surface area (Å²) in [6.07, 6.45) is 11.0. The van der Waals surface area contributed by atoms with E-state index in [1.165, 1.54) is 50.3 Å². The molecule has 3 heteroatoms. The number of hydrogen-bond donors (Lipinski definition) is 0. The second-order valence-corrected chi connectivity index (χ2v) is 11.2. The zero-order valence-corrected chi connectivity index (χ0v) is 19.3. The molecule has 2 rings (SSSR count). The maximum Gasteiger partial charge on any atom is 2.00 e. The van der Waals surface area contributed by atoms with Crippen LogP contribution in [0.5, 0.6) is 0 Å². The Morgan fingerprint density at radius 2 is 0.960 bits per heavy atom. The van der Waals surface area contributed by atoms with Gasteiger partial charge in [0.05, 0.1) is 0 Å². The Kier molecular flexibility index (Phi) is 16.3. The third-order valence-corrected chi connectivity index (χ3v) is 10.00. The molecule has 0 fully saturated rings. The molecule has 0 atom stereocenters. The van der Waals surface area contributed by atoms with Crippen molar-refractivity contribution in [2.45, 2.75) is 53.4 Å². The third-order valence-electron chi connectivity index (χ3n) is 3.99. The quantitative estimate of drug-likeness (QED) is 0.297. The summed E-state index contributed by atoms with van der Waals surface area (Å²) in [7, 11) is 0.362. The zero-order chi connectivity index (χ0) is 17.6. The standard InChI is InChI=1S/2C11H18P.Co/c2*1-3-9-12(10-4-2)11-7-5-6-8-11;/h2*5-8H,3-4,9-10H2,1-2H3;/q2*-1;+2. The van der Waals surface area contributed by atoms with Gasteiger partial charge in [-0.1, -0.05) is 53.4 Å². The van der Waals surface area contributed by atoms with Gasteiger partial charge in [-0.05, 0) is 24.6 Å². The topological polar surface area (TPSA) is 0 Å². The molecular formula is C22H36CoP2. The van der Waals surface area contributed by atoms with Crippen molar-refractivity contribution in [3.63, 3.8) is 0 Å². The molecule has 2 aromatic carbocycles. The van der Waals surface area contributed by atoms with Crippen molar-refractivity contribution in [1.82, 2.24) is 0 Å². The van der Waals surface area contributed by atoms with Crippen molar-refractivity contribution in [2.24, 2.45) is 0 Å². The monoisotopic (exact) mass is 421 g/mol. The van der Waals surface area contributed by atoms with Gasteiger partial charge in [0.25, 0.3) is 0 Å². The second kappa shape index (κ2) is 16.3. The van der Waals surface area contributed by atoms with Crippen LogP contribution in [0.4, 0.5) is 0 Å². The van der Waals surface area contributed by atoms with Crippen molar-refractivity contribution in [1.29, 1.82) is 0 Å². The molecule has 1 radical (unpaired) electrons. The van der Waals surface area contributed by atoms with Gasteiger partial charge in [0.1, 0.15) is 0 Å². The summed E-state index contributed by atoms with van der Waals surface area (Å²) in [5.41, 5.74) is 0. The van der Waals surface area contributed by atoms with E-state index in [1.54, 1.807) is 10.6 Å². The van der Waals surface area contributed by atoms with Crippen LogP contribution >= 0.6 is 15.8 Å². The third kappa shape index (κ3) is 10.1. The minimum atomic E-state index is 0. The maximum absolute atomic E-state index is 2.29. The first-order valence-electron chi connectivity index (χ1n) is 9.70. The Morgan fingerprint density at radius 3 is 1.16 bits per heavy atom. The van der Waals surface area contributed by atoms with E-state index in [-0.39, 0.29) is 32.6 Å². The van der Waals surface area contributed by atoms with Crippen LogP contribution in [-0.2, 0) is 16.8 Å². The van der Waals surface area contributed by atoms with Gasteiger partial charge in [0.15, 0.2) is 0 Å². The molecular weight excluding hydrogens is 385 g/mol. The number of rotatable bonds is 10. The minimum absolute atomic E-state index is 0. The van der Waals surface area contributed by atoms with Crippen molar-refractivity contribution in [3.8, 4) is 0 Å². The largest absolute Gasteiger partial charge is 2.00 e. The van der Waals surface area contributed by atoms with Crippen LogP contribution in [0, 0.1) is 0 Å². The molecule has 0 bridgehead atoms. The van der Waals surface area contributed by atoms with E-state index in [9.17, 15) is 0 Å². The van der Waals surface area contributed by atoms with Gasteiger partial charge < -0.3 is 0 Å². The van der Waals surface area contributed by atoms with Gasteiger partial charge in [-0.3, -0.25) is 0 Å². The minimum Gasteiger partial charge on any atom is -0.213 e. The Balaban J connectivity index is 0.000000443. The Morgan fingerprint density at radius 1 is 0.640 bits per heavy atom. The predicted molar refractivity (Wildman–Crippen MR) is 118 cm³/mol. The fourth-order valence-corrected chi connectivity index (χ4v) is 7.80. The van der Waals surface area contributed by atoms with Gasteiger partial charge in [-0.25, -0.2) is 24.3 Å². The van der Waals surface area contributed by atoms with Crippen LogP contribution in [0.15, 0.2) is 48.5 Å². The summed E-state index contributed by atoms with van der Waals surface area (Å²) < 4.78 is 0. The molecule has 0 unspecified atom stereocenters. The van der Waals surface area contributed by atoms with E-state index < -0.39 is 0 Å². The van der Waals surface area contributed by atoms with Crippen LogP contribution in [0.1, 0.15) is 53.4 Å². The average molecular weight is 421 g/mol. The van der Waals surface area contributed by atoms with Gasteiger partial charge in [0.2, 0.25) is 0 Å². The summed E-state index contributed by atoms with van der Waals surface area (Å²) in [5, 5.41) is 3.21. The molecule has 0 saturated heterocycles. The van der Waals surface area contributed by atoms with Crippen molar-refractivity contribution in [2.75, 3.05) is 24.6 Å². The van der Waals surface area contributed by atoms with Gasteiger partial charge in [0, 0.05) is 0 Å². The average Bonchev–Trinajstić information content (AvgIpc) is 3.29. The van der Waals surface area contributed by atoms with Crippen molar-refractivity contribution >= 4 is 26.5 Å². The summed E-state index contributed by atoms with van der Waals surface area (Å²) in [6.45, 7) is 9.14. The molecule has 0 spiro atoms. The van der Waals surface area contributed by atoms with E-state index >= 15 is 0 Å². The zero-order valence-electron chi connectivity index (χ0n) is 16.5. The van der Waals surface area contributed by atoms with Crippen LogP contribution < -0.4 is 10.6 Å². The van der Waals surface area contributed by atoms with E-state index in [2.05, 4.69) is 76.2 Å². The smallest absolute Gasteiger partial charge is 0.213 e. The van der Waals surface area contributed by atoms with Crippen LogP contribution in [-0.4, -0.2) is 24.6 Å². The summed E-state index contributed by atoms with van der Waals surface area (Å²) in [6, 6.07) is 17.8. The van der Waals surface area contributed by atoms with Crippen molar-refractivity contribution in [3.05, 3.63) is 48.5 Å². The normalized spacial score (nSPS) is 10.5. The summed E-state index contributed by atoms with van der Waals surface area (Å²) in [4.78, 5) is 0. The number of hydrogen-bond acceptors (Lipinski definition) is 0. The Labute approximate surface area is 169 Å². The van der Waals surface area contributed by atoms with E-state index in [4.69, 9.17) is 0 Å².